The van der Waals surface area contributed by atoms with Crippen molar-refractivity contribution in [2.24, 2.45) is 0 Å². The molecule has 0 aliphatic carbocycles. The summed E-state index contributed by atoms with van der Waals surface area (Å²) in [5.41, 5.74) is 0. The normalized spacial score (nSPS) is 12.8. The Kier molecular flexibility index (Phi) is 62.3. The predicted octanol–water partition coefficient (Wildman–Crippen LogP) is 22.6. The molecule has 1 unspecified atom stereocenters. The van der Waals surface area contributed by atoms with Gasteiger partial charge in [0.05, 0.1) is 0 Å². The van der Waals surface area contributed by atoms with Gasteiger partial charge in [0.1, 0.15) is 13.2 Å². The zero-order valence-electron chi connectivity index (χ0n) is 51.2. The van der Waals surface area contributed by atoms with Crippen molar-refractivity contribution in [3.63, 3.8) is 0 Å². The lowest BCUT2D eigenvalue weighted by Crippen LogP contribution is -2.30. The highest BCUT2D eigenvalue weighted by molar-refractivity contribution is 5.71. The van der Waals surface area contributed by atoms with Crippen LogP contribution in [0.5, 0.6) is 0 Å². The third-order valence-electron chi connectivity index (χ3n) is 14.0. The van der Waals surface area contributed by atoms with Gasteiger partial charge in [0.25, 0.3) is 0 Å². The van der Waals surface area contributed by atoms with Gasteiger partial charge in [-0.2, -0.15) is 0 Å². The van der Waals surface area contributed by atoms with Crippen LogP contribution in [-0.2, 0) is 28.6 Å². The highest BCUT2D eigenvalue weighted by atomic mass is 16.6. The van der Waals surface area contributed by atoms with Crippen LogP contribution < -0.4 is 0 Å². The number of hydrogen-bond acceptors (Lipinski definition) is 6. The molecule has 0 spiro atoms. The first-order valence-electron chi connectivity index (χ1n) is 32.9. The summed E-state index contributed by atoms with van der Waals surface area (Å²) >= 11 is 0. The van der Waals surface area contributed by atoms with Gasteiger partial charge >= 0.3 is 17.9 Å². The molecular weight excluding hydrogens is 961 g/mol. The Balaban J connectivity index is 4.24. The van der Waals surface area contributed by atoms with E-state index in [0.29, 0.717) is 19.3 Å². The van der Waals surface area contributed by atoms with E-state index >= 15 is 0 Å². The van der Waals surface area contributed by atoms with Crippen LogP contribution in [0.1, 0.15) is 310 Å². The minimum absolute atomic E-state index is 0.0844. The third-order valence-corrected chi connectivity index (χ3v) is 14.0. The average molecular weight is 1080 g/mol. The van der Waals surface area contributed by atoms with Crippen LogP contribution in [0.25, 0.3) is 0 Å². The van der Waals surface area contributed by atoms with Crippen molar-refractivity contribution in [2.75, 3.05) is 13.2 Å². The summed E-state index contributed by atoms with van der Waals surface area (Å²) in [5, 5.41) is 0. The summed E-state index contributed by atoms with van der Waals surface area (Å²) in [6.45, 7) is 6.46. The van der Waals surface area contributed by atoms with Gasteiger partial charge in [0.15, 0.2) is 6.10 Å². The highest BCUT2D eigenvalue weighted by Gasteiger charge is 2.19. The summed E-state index contributed by atoms with van der Waals surface area (Å²) in [5.74, 6) is -0.896. The molecule has 0 aromatic heterocycles. The minimum Gasteiger partial charge on any atom is -0.462 e. The van der Waals surface area contributed by atoms with Gasteiger partial charge in [-0.05, 0) is 122 Å². The molecule has 6 heteroatoms. The summed E-state index contributed by atoms with van der Waals surface area (Å²) < 4.78 is 16.9. The molecule has 0 amide bonds. The standard InChI is InChI=1S/C72H122O6/c1-4-7-10-13-16-19-22-24-26-28-30-32-33-34-35-36-37-38-39-41-42-44-46-48-50-53-56-59-62-65-71(74)77-68-69(67-76-70(73)64-61-58-55-52-21-18-15-12-9-6-3)78-72(75)66-63-60-57-54-51-49-47-45-43-40-31-29-27-25-23-20-17-14-11-8-5-2/h7,10,12,15-16,19,23-26,29-32,34-35,37-38,69H,4-6,8-9,11,13-14,17-18,20-22,27-28,33,36,39-68H2,1-3H3/b10-7-,15-12-,19-16-,25-23-,26-24-,31-29-,32-30-,35-34-,38-37-. The number of hydrogen-bond donors (Lipinski definition) is 0. The summed E-state index contributed by atoms with van der Waals surface area (Å²) in [4.78, 5) is 38.3. The Hall–Kier alpha value is -3.93. The van der Waals surface area contributed by atoms with Gasteiger partial charge in [0.2, 0.25) is 0 Å². The first-order valence-corrected chi connectivity index (χ1v) is 32.9. The fraction of sp³-hybridized carbons (Fsp3) is 0.708. The Morgan fingerprint density at radius 1 is 0.269 bits per heavy atom. The van der Waals surface area contributed by atoms with Crippen molar-refractivity contribution in [3.05, 3.63) is 109 Å². The predicted molar refractivity (Wildman–Crippen MR) is 339 cm³/mol. The fourth-order valence-electron chi connectivity index (χ4n) is 9.07. The van der Waals surface area contributed by atoms with E-state index < -0.39 is 6.10 Å². The maximum atomic E-state index is 12.9. The van der Waals surface area contributed by atoms with Crippen molar-refractivity contribution in [1.29, 1.82) is 0 Å². The zero-order chi connectivity index (χ0) is 56.4. The van der Waals surface area contributed by atoms with E-state index in [4.69, 9.17) is 14.2 Å². The second-order valence-corrected chi connectivity index (χ2v) is 21.6. The average Bonchev–Trinajstić information content (AvgIpc) is 3.44. The molecule has 446 valence electrons. The maximum Gasteiger partial charge on any atom is 0.306 e. The molecule has 0 saturated carbocycles. The molecule has 0 aromatic carbocycles. The summed E-state index contributed by atoms with van der Waals surface area (Å²) in [6, 6.07) is 0. The van der Waals surface area contributed by atoms with Crippen LogP contribution in [0.15, 0.2) is 109 Å². The smallest absolute Gasteiger partial charge is 0.306 e. The van der Waals surface area contributed by atoms with E-state index in [1.54, 1.807) is 0 Å². The van der Waals surface area contributed by atoms with Gasteiger partial charge in [-0.3, -0.25) is 14.4 Å². The molecule has 0 heterocycles. The van der Waals surface area contributed by atoms with Crippen molar-refractivity contribution < 1.29 is 28.6 Å². The Bertz CT molecular complexity index is 1570. The zero-order valence-corrected chi connectivity index (χ0v) is 51.2. The monoisotopic (exact) mass is 1080 g/mol. The van der Waals surface area contributed by atoms with Crippen LogP contribution >= 0.6 is 0 Å². The van der Waals surface area contributed by atoms with Crippen molar-refractivity contribution in [1.82, 2.24) is 0 Å². The Morgan fingerprint density at radius 3 is 0.846 bits per heavy atom. The van der Waals surface area contributed by atoms with E-state index in [1.165, 1.54) is 154 Å². The molecule has 0 aliphatic heterocycles. The van der Waals surface area contributed by atoms with Crippen molar-refractivity contribution >= 4 is 17.9 Å². The van der Waals surface area contributed by atoms with E-state index in [9.17, 15) is 14.4 Å². The van der Waals surface area contributed by atoms with Crippen LogP contribution in [0.2, 0.25) is 0 Å². The van der Waals surface area contributed by atoms with Crippen LogP contribution in [-0.4, -0.2) is 37.2 Å². The quantitative estimate of drug-likeness (QED) is 0.0261. The van der Waals surface area contributed by atoms with Crippen molar-refractivity contribution in [2.45, 2.75) is 316 Å². The number of carbonyl (C=O) groups excluding carboxylic acids is 3. The number of allylic oxidation sites excluding steroid dienone is 18. The molecule has 0 rings (SSSR count). The van der Waals surface area contributed by atoms with E-state index in [0.717, 1.165) is 116 Å². The number of carbonyl (C=O) groups is 3. The molecule has 0 saturated heterocycles. The fourth-order valence-corrected chi connectivity index (χ4v) is 9.07. The van der Waals surface area contributed by atoms with Crippen LogP contribution in [0.4, 0.5) is 0 Å². The molecule has 78 heavy (non-hydrogen) atoms. The lowest BCUT2D eigenvalue weighted by atomic mass is 10.1. The van der Waals surface area contributed by atoms with Crippen LogP contribution in [0.3, 0.4) is 0 Å². The summed E-state index contributed by atoms with van der Waals surface area (Å²) in [6.07, 6.45) is 89.6. The summed E-state index contributed by atoms with van der Waals surface area (Å²) in [7, 11) is 0. The number of esters is 3. The SMILES string of the molecule is CC/C=C\C/C=C\C/C=C\C/C=C\C/C=C\C/C=C\CCCCCCCCCCCCC(=O)OCC(COC(=O)CCCCCCC/C=C\CCC)OC(=O)CCCCCCCCCCC/C=C\C/C=C\CCCCCCC. The molecule has 0 bridgehead atoms. The topological polar surface area (TPSA) is 78.9 Å². The largest absolute Gasteiger partial charge is 0.462 e. The molecule has 0 aliphatic rings. The first-order chi connectivity index (χ1) is 38.5. The number of unbranched alkanes of at least 4 members (excludes halogenated alkanes) is 30. The highest BCUT2D eigenvalue weighted by Crippen LogP contribution is 2.16. The van der Waals surface area contributed by atoms with E-state index in [2.05, 4.69) is 130 Å². The second-order valence-electron chi connectivity index (χ2n) is 21.6. The van der Waals surface area contributed by atoms with E-state index in [1.807, 2.05) is 0 Å². The van der Waals surface area contributed by atoms with Gasteiger partial charge in [-0.1, -0.05) is 278 Å². The van der Waals surface area contributed by atoms with Crippen molar-refractivity contribution in [3.8, 4) is 0 Å². The van der Waals surface area contributed by atoms with Gasteiger partial charge in [-0.15, -0.1) is 0 Å². The van der Waals surface area contributed by atoms with Gasteiger partial charge in [0, 0.05) is 19.3 Å². The first kappa shape index (κ1) is 74.1. The lowest BCUT2D eigenvalue weighted by Gasteiger charge is -2.18. The third kappa shape index (κ3) is 62.9. The molecule has 1 atom stereocenters. The molecule has 0 fully saturated rings. The molecule has 6 nitrogen and oxygen atoms in total. The molecular formula is C72H122O6. The molecule has 0 radical (unpaired) electrons. The lowest BCUT2D eigenvalue weighted by molar-refractivity contribution is -0.167. The number of rotatable bonds is 59. The van der Waals surface area contributed by atoms with Gasteiger partial charge < -0.3 is 14.2 Å². The molecule has 0 aromatic rings. The van der Waals surface area contributed by atoms with Gasteiger partial charge in [-0.25, -0.2) is 0 Å². The Labute approximate surface area is 482 Å². The van der Waals surface area contributed by atoms with Crippen LogP contribution in [0, 0.1) is 0 Å². The van der Waals surface area contributed by atoms with E-state index in [-0.39, 0.29) is 31.1 Å². The minimum atomic E-state index is -0.787. The Morgan fingerprint density at radius 2 is 0.526 bits per heavy atom. The second kappa shape index (κ2) is 65.6. The maximum absolute atomic E-state index is 12.9. The molecule has 0 N–H and O–H groups in total. The number of ether oxygens (including phenoxy) is 3.